The number of aromatic amines is 1. The molecule has 4 nitrogen and oxygen atoms in total. The molecule has 4 heteroatoms. The first-order valence-corrected chi connectivity index (χ1v) is 9.05. The van der Waals surface area contributed by atoms with Crippen LogP contribution in [0.15, 0.2) is 66.9 Å². The van der Waals surface area contributed by atoms with Crippen LogP contribution in [0.5, 0.6) is 0 Å². The van der Waals surface area contributed by atoms with E-state index < -0.39 is 0 Å². The average molecular weight is 340 g/mol. The minimum atomic E-state index is 0.792. The van der Waals surface area contributed by atoms with E-state index in [1.807, 2.05) is 24.4 Å². The molecule has 5 rings (SSSR count). The van der Waals surface area contributed by atoms with Crippen molar-refractivity contribution in [3.63, 3.8) is 0 Å². The Balaban J connectivity index is 1.49. The third kappa shape index (κ3) is 2.78. The zero-order chi connectivity index (χ0) is 17.3. The minimum absolute atomic E-state index is 0.792. The first-order chi connectivity index (χ1) is 12.9. The van der Waals surface area contributed by atoms with Crippen molar-refractivity contribution in [1.29, 1.82) is 0 Å². The molecule has 0 fully saturated rings. The highest BCUT2D eigenvalue weighted by atomic mass is 15.1. The van der Waals surface area contributed by atoms with Gasteiger partial charge in [0.15, 0.2) is 5.82 Å². The largest absolute Gasteiger partial charge is 0.355 e. The lowest BCUT2D eigenvalue weighted by Crippen LogP contribution is -2.29. The fourth-order valence-corrected chi connectivity index (χ4v) is 3.74. The fourth-order valence-electron chi connectivity index (χ4n) is 3.74. The number of benzene rings is 2. The Morgan fingerprint density at radius 3 is 2.54 bits per heavy atom. The highest BCUT2D eigenvalue weighted by Crippen LogP contribution is 2.28. The second-order valence-electron chi connectivity index (χ2n) is 6.85. The van der Waals surface area contributed by atoms with Crippen LogP contribution in [0.1, 0.15) is 16.8 Å². The maximum atomic E-state index is 4.89. The highest BCUT2D eigenvalue weighted by Gasteiger charge is 2.22. The molecule has 1 aliphatic heterocycles. The van der Waals surface area contributed by atoms with Crippen molar-refractivity contribution in [2.24, 2.45) is 0 Å². The van der Waals surface area contributed by atoms with E-state index in [0.29, 0.717) is 0 Å². The number of fused-ring (bicyclic) bond motifs is 3. The Hall–Kier alpha value is -2.98. The maximum Gasteiger partial charge on any atom is 0.159 e. The van der Waals surface area contributed by atoms with Gasteiger partial charge in [-0.2, -0.15) is 0 Å². The third-order valence-corrected chi connectivity index (χ3v) is 5.07. The van der Waals surface area contributed by atoms with Gasteiger partial charge >= 0.3 is 0 Å². The van der Waals surface area contributed by atoms with E-state index in [-0.39, 0.29) is 0 Å². The summed E-state index contributed by atoms with van der Waals surface area (Å²) in [5.74, 6) is 0.792. The fraction of sp³-hybridized carbons (Fsp3) is 0.182. The van der Waals surface area contributed by atoms with Gasteiger partial charge in [0.05, 0.1) is 17.2 Å². The summed E-state index contributed by atoms with van der Waals surface area (Å²) in [7, 11) is 0. The molecule has 0 saturated heterocycles. The van der Waals surface area contributed by atoms with E-state index in [1.165, 1.54) is 16.8 Å². The first-order valence-electron chi connectivity index (χ1n) is 9.05. The summed E-state index contributed by atoms with van der Waals surface area (Å²) in [4.78, 5) is 15.5. The smallest absolute Gasteiger partial charge is 0.159 e. The molecule has 0 unspecified atom stereocenters. The van der Waals surface area contributed by atoms with E-state index >= 15 is 0 Å². The number of rotatable bonds is 3. The van der Waals surface area contributed by atoms with Crippen LogP contribution in [0, 0.1) is 0 Å². The van der Waals surface area contributed by atoms with Gasteiger partial charge < -0.3 is 4.98 Å². The summed E-state index contributed by atoms with van der Waals surface area (Å²) in [6.07, 6.45) is 2.95. The van der Waals surface area contributed by atoms with Gasteiger partial charge in [-0.05, 0) is 5.56 Å². The van der Waals surface area contributed by atoms with Gasteiger partial charge in [0.2, 0.25) is 0 Å². The summed E-state index contributed by atoms with van der Waals surface area (Å²) in [6, 6.07) is 20.9. The lowest BCUT2D eigenvalue weighted by Gasteiger charge is -2.26. The Labute approximate surface area is 152 Å². The molecule has 1 aliphatic rings. The zero-order valence-electron chi connectivity index (χ0n) is 14.5. The normalized spacial score (nSPS) is 14.5. The molecule has 3 heterocycles. The van der Waals surface area contributed by atoms with E-state index in [4.69, 9.17) is 4.98 Å². The number of hydrogen-bond donors (Lipinski definition) is 1. The standard InChI is InChI=1S/C22H20N4/c1-3-7-16(8-4-1)14-26-12-11-19-18(15-26)21-20(24-19)13-23-22(25-21)17-9-5-2-6-10-17/h1-10,13,24H,11-12,14-15H2. The highest BCUT2D eigenvalue weighted by molar-refractivity contribution is 5.81. The zero-order valence-corrected chi connectivity index (χ0v) is 14.5. The lowest BCUT2D eigenvalue weighted by molar-refractivity contribution is 0.245. The van der Waals surface area contributed by atoms with Crippen LogP contribution in [-0.4, -0.2) is 26.4 Å². The van der Waals surface area contributed by atoms with Gasteiger partial charge in [0.1, 0.15) is 0 Å². The van der Waals surface area contributed by atoms with Crippen molar-refractivity contribution in [3.05, 3.63) is 83.7 Å². The number of aromatic nitrogens is 3. The SMILES string of the molecule is c1ccc(CN2CCc3[nH]c4cnc(-c5ccccc5)nc4c3C2)cc1. The molecule has 0 saturated carbocycles. The number of nitrogens with one attached hydrogen (secondary N) is 1. The van der Waals surface area contributed by atoms with Gasteiger partial charge in [-0.3, -0.25) is 4.90 Å². The monoisotopic (exact) mass is 340 g/mol. The molecular formula is C22H20N4. The molecule has 128 valence electrons. The van der Waals surface area contributed by atoms with Crippen molar-refractivity contribution in [1.82, 2.24) is 19.9 Å². The van der Waals surface area contributed by atoms with Crippen LogP contribution in [0.25, 0.3) is 22.4 Å². The van der Waals surface area contributed by atoms with E-state index in [9.17, 15) is 0 Å². The minimum Gasteiger partial charge on any atom is -0.355 e. The summed E-state index contributed by atoms with van der Waals surface area (Å²) < 4.78 is 0. The molecule has 0 radical (unpaired) electrons. The second-order valence-corrected chi connectivity index (χ2v) is 6.85. The molecule has 26 heavy (non-hydrogen) atoms. The summed E-state index contributed by atoms with van der Waals surface area (Å²) in [5.41, 5.74) is 7.14. The number of H-pyrrole nitrogens is 1. The van der Waals surface area contributed by atoms with Crippen molar-refractivity contribution >= 4 is 11.0 Å². The lowest BCUT2D eigenvalue weighted by atomic mass is 10.1. The molecule has 0 atom stereocenters. The van der Waals surface area contributed by atoms with Crippen LogP contribution < -0.4 is 0 Å². The van der Waals surface area contributed by atoms with E-state index in [2.05, 4.69) is 57.3 Å². The van der Waals surface area contributed by atoms with Crippen molar-refractivity contribution in [2.75, 3.05) is 6.54 Å². The van der Waals surface area contributed by atoms with Gasteiger partial charge in [0, 0.05) is 42.9 Å². The van der Waals surface area contributed by atoms with Gasteiger partial charge in [0.25, 0.3) is 0 Å². The Morgan fingerprint density at radius 2 is 1.73 bits per heavy atom. The predicted octanol–water partition coefficient (Wildman–Crippen LogP) is 4.18. The summed E-state index contributed by atoms with van der Waals surface area (Å²) in [5, 5.41) is 0. The Morgan fingerprint density at radius 1 is 0.962 bits per heavy atom. The van der Waals surface area contributed by atoms with Crippen LogP contribution >= 0.6 is 0 Å². The third-order valence-electron chi connectivity index (χ3n) is 5.07. The second kappa shape index (κ2) is 6.39. The molecule has 0 spiro atoms. The molecule has 0 bridgehead atoms. The summed E-state index contributed by atoms with van der Waals surface area (Å²) >= 11 is 0. The molecule has 1 N–H and O–H groups in total. The van der Waals surface area contributed by atoms with Gasteiger partial charge in [-0.25, -0.2) is 9.97 Å². The first kappa shape index (κ1) is 15.3. The molecule has 4 aromatic rings. The van der Waals surface area contributed by atoms with Gasteiger partial charge in [-0.15, -0.1) is 0 Å². The quantitative estimate of drug-likeness (QED) is 0.608. The number of hydrogen-bond acceptors (Lipinski definition) is 3. The Bertz CT molecular complexity index is 1040. The van der Waals surface area contributed by atoms with Crippen LogP contribution in [0.4, 0.5) is 0 Å². The topological polar surface area (TPSA) is 44.8 Å². The molecule has 2 aromatic carbocycles. The van der Waals surface area contributed by atoms with Gasteiger partial charge in [-0.1, -0.05) is 60.7 Å². The van der Waals surface area contributed by atoms with Crippen molar-refractivity contribution in [3.8, 4) is 11.4 Å². The molecule has 0 aliphatic carbocycles. The Kier molecular flexibility index (Phi) is 3.76. The van der Waals surface area contributed by atoms with Crippen molar-refractivity contribution < 1.29 is 0 Å². The predicted molar refractivity (Wildman–Crippen MR) is 104 cm³/mol. The average Bonchev–Trinajstić information content (AvgIpc) is 3.07. The van der Waals surface area contributed by atoms with E-state index in [0.717, 1.165) is 48.5 Å². The van der Waals surface area contributed by atoms with Crippen LogP contribution in [0.3, 0.4) is 0 Å². The molecule has 2 aromatic heterocycles. The molecule has 0 amide bonds. The molecular weight excluding hydrogens is 320 g/mol. The van der Waals surface area contributed by atoms with Crippen LogP contribution in [-0.2, 0) is 19.5 Å². The van der Waals surface area contributed by atoms with Crippen LogP contribution in [0.2, 0.25) is 0 Å². The maximum absolute atomic E-state index is 4.89. The van der Waals surface area contributed by atoms with Crippen molar-refractivity contribution in [2.45, 2.75) is 19.5 Å². The number of nitrogens with zero attached hydrogens (tertiary/aromatic N) is 3. The van der Waals surface area contributed by atoms with E-state index in [1.54, 1.807) is 0 Å². The summed E-state index contributed by atoms with van der Waals surface area (Å²) in [6.45, 7) is 2.97.